The molecule has 14 heavy (non-hydrogen) atoms. The number of amides is 1. The van der Waals surface area contributed by atoms with Gasteiger partial charge in [0, 0.05) is 0 Å². The number of carbonyl (C=O) groups excluding carboxylic acids is 1. The molecule has 0 bridgehead atoms. The lowest BCUT2D eigenvalue weighted by Gasteiger charge is -2.34. The third-order valence-corrected chi connectivity index (χ3v) is 2.38. The minimum atomic E-state index is -0.370. The van der Waals surface area contributed by atoms with Crippen LogP contribution in [0.15, 0.2) is 24.3 Å². The van der Waals surface area contributed by atoms with Gasteiger partial charge in [0.1, 0.15) is 5.82 Å². The molecule has 1 aliphatic heterocycles. The molecule has 0 saturated carbocycles. The Morgan fingerprint density at radius 1 is 1.43 bits per heavy atom. The fraction of sp³-hybridized carbons (Fsp3) is 0.300. The highest BCUT2D eigenvalue weighted by molar-refractivity contribution is 5.78. The van der Waals surface area contributed by atoms with E-state index in [2.05, 4.69) is 0 Å². The summed E-state index contributed by atoms with van der Waals surface area (Å²) in [7, 11) is 0. The van der Waals surface area contributed by atoms with Crippen molar-refractivity contribution in [3.8, 4) is 0 Å². The summed E-state index contributed by atoms with van der Waals surface area (Å²) in [5.41, 5.74) is 5.96. The first kappa shape index (κ1) is 9.15. The largest absolute Gasteiger partial charge is 0.372 e. The summed E-state index contributed by atoms with van der Waals surface area (Å²) >= 11 is 0. The number of hydrogen-bond donors (Lipinski definition) is 1. The van der Waals surface area contributed by atoms with E-state index < -0.39 is 0 Å². The van der Waals surface area contributed by atoms with Crippen LogP contribution in [0.4, 0.5) is 4.39 Å². The second-order valence-electron chi connectivity index (χ2n) is 3.31. The fourth-order valence-electron chi connectivity index (χ4n) is 1.50. The van der Waals surface area contributed by atoms with E-state index in [1.165, 1.54) is 12.1 Å². The zero-order chi connectivity index (χ0) is 10.1. The summed E-state index contributed by atoms with van der Waals surface area (Å²) in [5.74, 6) is -0.949. The molecule has 1 aromatic carbocycles. The van der Waals surface area contributed by atoms with Gasteiger partial charge in [0.2, 0.25) is 5.91 Å². The summed E-state index contributed by atoms with van der Waals surface area (Å²) in [6, 6.07) is 5.90. The van der Waals surface area contributed by atoms with E-state index >= 15 is 0 Å². The number of benzene rings is 1. The van der Waals surface area contributed by atoms with Crippen LogP contribution in [-0.4, -0.2) is 12.5 Å². The minimum absolute atomic E-state index is 0.277. The third kappa shape index (κ3) is 1.48. The molecule has 1 amide bonds. The molecule has 2 rings (SSSR count). The van der Waals surface area contributed by atoms with Crippen molar-refractivity contribution >= 4 is 5.91 Å². The predicted molar refractivity (Wildman–Crippen MR) is 47.8 cm³/mol. The summed E-state index contributed by atoms with van der Waals surface area (Å²) in [6.45, 7) is 0.359. The number of hydrogen-bond acceptors (Lipinski definition) is 2. The van der Waals surface area contributed by atoms with Gasteiger partial charge >= 0.3 is 0 Å². The van der Waals surface area contributed by atoms with Crippen LogP contribution in [0.3, 0.4) is 0 Å². The molecule has 0 aliphatic carbocycles. The summed E-state index contributed by atoms with van der Waals surface area (Å²) in [5, 5.41) is 0. The molecule has 1 saturated heterocycles. The Hall–Kier alpha value is -1.42. The molecule has 1 aromatic rings. The van der Waals surface area contributed by atoms with E-state index in [4.69, 9.17) is 10.5 Å². The van der Waals surface area contributed by atoms with Crippen molar-refractivity contribution in [2.45, 2.75) is 6.10 Å². The number of carbonyl (C=O) groups is 1. The number of primary amides is 1. The Balaban J connectivity index is 2.16. The topological polar surface area (TPSA) is 52.3 Å². The van der Waals surface area contributed by atoms with Crippen LogP contribution in [0, 0.1) is 11.7 Å². The maximum Gasteiger partial charge on any atom is 0.225 e. The van der Waals surface area contributed by atoms with Crippen LogP contribution >= 0.6 is 0 Å². The van der Waals surface area contributed by atoms with E-state index in [-0.39, 0.29) is 23.7 Å². The number of nitrogens with two attached hydrogens (primary N) is 1. The number of ether oxygens (including phenoxy) is 1. The quantitative estimate of drug-likeness (QED) is 0.765. The summed E-state index contributed by atoms with van der Waals surface area (Å²) in [4.78, 5) is 10.9. The van der Waals surface area contributed by atoms with Gasteiger partial charge in [-0.15, -0.1) is 0 Å². The normalized spacial score (nSPS) is 25.5. The van der Waals surface area contributed by atoms with E-state index in [1.807, 2.05) is 0 Å². The summed E-state index contributed by atoms with van der Waals surface area (Å²) < 4.78 is 17.8. The van der Waals surface area contributed by atoms with Gasteiger partial charge in [-0.1, -0.05) is 12.1 Å². The highest BCUT2D eigenvalue weighted by atomic mass is 19.1. The molecule has 0 radical (unpaired) electrons. The fourth-order valence-corrected chi connectivity index (χ4v) is 1.50. The Bertz CT molecular complexity index is 350. The highest BCUT2D eigenvalue weighted by Gasteiger charge is 2.37. The first-order chi connectivity index (χ1) is 6.68. The monoisotopic (exact) mass is 195 g/mol. The summed E-state index contributed by atoms with van der Waals surface area (Å²) in [6.07, 6.45) is -0.298. The molecule has 0 aromatic heterocycles. The van der Waals surface area contributed by atoms with E-state index in [0.29, 0.717) is 6.61 Å². The molecule has 1 aliphatic rings. The highest BCUT2D eigenvalue weighted by Crippen LogP contribution is 2.34. The Kier molecular flexibility index (Phi) is 2.21. The van der Waals surface area contributed by atoms with E-state index in [0.717, 1.165) is 5.56 Å². The molecular weight excluding hydrogens is 185 g/mol. The molecule has 4 heteroatoms. The van der Waals surface area contributed by atoms with Crippen LogP contribution in [0.1, 0.15) is 11.7 Å². The standard InChI is InChI=1S/C10H10FNO2/c11-7-3-1-6(2-4-7)9-8(5-14-9)10(12)13/h1-4,8-9H,5H2,(H2,12,13). The lowest BCUT2D eigenvalue weighted by molar-refractivity contribution is -0.154. The average molecular weight is 195 g/mol. The van der Waals surface area contributed by atoms with Crippen molar-refractivity contribution in [1.29, 1.82) is 0 Å². The predicted octanol–water partition coefficient (Wildman–Crippen LogP) is 0.998. The van der Waals surface area contributed by atoms with Gasteiger partial charge in [0.25, 0.3) is 0 Å². The minimum Gasteiger partial charge on any atom is -0.372 e. The van der Waals surface area contributed by atoms with Gasteiger partial charge in [-0.2, -0.15) is 0 Å². The average Bonchev–Trinajstić information content (AvgIpc) is 2.05. The zero-order valence-corrected chi connectivity index (χ0v) is 7.44. The Morgan fingerprint density at radius 2 is 2.07 bits per heavy atom. The van der Waals surface area contributed by atoms with Crippen LogP contribution in [-0.2, 0) is 9.53 Å². The van der Waals surface area contributed by atoms with Crippen LogP contribution in [0.5, 0.6) is 0 Å². The van der Waals surface area contributed by atoms with Crippen molar-refractivity contribution in [3.63, 3.8) is 0 Å². The smallest absolute Gasteiger partial charge is 0.225 e. The van der Waals surface area contributed by atoms with Gasteiger partial charge < -0.3 is 10.5 Å². The van der Waals surface area contributed by atoms with Crippen molar-refractivity contribution in [2.24, 2.45) is 11.7 Å². The molecule has 2 atom stereocenters. The van der Waals surface area contributed by atoms with Crippen molar-refractivity contribution in [2.75, 3.05) is 6.61 Å². The number of rotatable bonds is 2. The maximum absolute atomic E-state index is 12.6. The lowest BCUT2D eigenvalue weighted by atomic mass is 9.91. The Morgan fingerprint density at radius 3 is 2.50 bits per heavy atom. The Labute approximate surface area is 80.7 Å². The molecule has 74 valence electrons. The van der Waals surface area contributed by atoms with Gasteiger partial charge in [-0.25, -0.2) is 4.39 Å². The van der Waals surface area contributed by atoms with E-state index in [9.17, 15) is 9.18 Å². The second kappa shape index (κ2) is 3.38. The molecular formula is C10H10FNO2. The SMILES string of the molecule is NC(=O)C1COC1c1ccc(F)cc1. The molecule has 1 heterocycles. The van der Waals surface area contributed by atoms with Gasteiger partial charge in [0.15, 0.2) is 0 Å². The van der Waals surface area contributed by atoms with Gasteiger partial charge in [-0.05, 0) is 17.7 Å². The molecule has 2 unspecified atom stereocenters. The van der Waals surface area contributed by atoms with Gasteiger partial charge in [0.05, 0.1) is 18.6 Å². The van der Waals surface area contributed by atoms with Crippen molar-refractivity contribution < 1.29 is 13.9 Å². The van der Waals surface area contributed by atoms with Crippen molar-refractivity contribution in [3.05, 3.63) is 35.6 Å². The molecule has 1 fully saturated rings. The van der Waals surface area contributed by atoms with Crippen molar-refractivity contribution in [1.82, 2.24) is 0 Å². The lowest BCUT2D eigenvalue weighted by Crippen LogP contribution is -2.42. The van der Waals surface area contributed by atoms with Crippen LogP contribution < -0.4 is 5.73 Å². The van der Waals surface area contributed by atoms with Gasteiger partial charge in [-0.3, -0.25) is 4.79 Å². The zero-order valence-electron chi connectivity index (χ0n) is 7.44. The first-order valence-electron chi connectivity index (χ1n) is 4.35. The van der Waals surface area contributed by atoms with Crippen LogP contribution in [0.2, 0.25) is 0 Å². The maximum atomic E-state index is 12.6. The van der Waals surface area contributed by atoms with E-state index in [1.54, 1.807) is 12.1 Å². The molecule has 2 N–H and O–H groups in total. The second-order valence-corrected chi connectivity index (χ2v) is 3.31. The molecule has 3 nitrogen and oxygen atoms in total. The third-order valence-electron chi connectivity index (χ3n) is 2.38. The van der Waals surface area contributed by atoms with Crippen LogP contribution in [0.25, 0.3) is 0 Å². The molecule has 0 spiro atoms. The first-order valence-corrected chi connectivity index (χ1v) is 4.35. The number of halogens is 1.